The molecule has 0 fully saturated rings. The van der Waals surface area contributed by atoms with E-state index in [1.807, 2.05) is 0 Å². The van der Waals surface area contributed by atoms with Gasteiger partial charge in [0.25, 0.3) is 0 Å². The predicted molar refractivity (Wildman–Crippen MR) is 99.3 cm³/mol. The number of hydrogen-bond acceptors (Lipinski definition) is 3. The van der Waals surface area contributed by atoms with Crippen molar-refractivity contribution >= 4 is 17.3 Å². The van der Waals surface area contributed by atoms with Gasteiger partial charge in [-0.1, -0.05) is 31.2 Å². The Labute approximate surface area is 143 Å². The average molecular weight is 331 g/mol. The van der Waals surface area contributed by atoms with Crippen LogP contribution in [0.4, 0.5) is 0 Å². The lowest BCUT2D eigenvalue weighted by molar-refractivity contribution is 0.787. The highest BCUT2D eigenvalue weighted by molar-refractivity contribution is 7.11. The van der Waals surface area contributed by atoms with Gasteiger partial charge in [0.05, 0.1) is 10.7 Å². The minimum absolute atomic E-state index is 0.780. The zero-order valence-electron chi connectivity index (χ0n) is 14.4. The molecule has 2 aromatic rings. The van der Waals surface area contributed by atoms with Crippen LogP contribution in [-0.2, 0) is 19.4 Å². The molecule has 2 N–H and O–H groups in total. The molecule has 0 unspecified atom stereocenters. The van der Waals surface area contributed by atoms with E-state index in [0.717, 1.165) is 31.9 Å². The first-order chi connectivity index (χ1) is 11.1. The Morgan fingerprint density at radius 2 is 2.00 bits per heavy atom. The zero-order valence-corrected chi connectivity index (χ0v) is 15.3. The van der Waals surface area contributed by atoms with Crippen LogP contribution in [0.15, 0.2) is 29.3 Å². The largest absolute Gasteiger partial charge is 0.356 e. The lowest BCUT2D eigenvalue weighted by Crippen LogP contribution is -2.38. The Kier molecular flexibility index (Phi) is 6.59. The molecule has 0 atom stereocenters. The van der Waals surface area contributed by atoms with E-state index in [0.29, 0.717) is 0 Å². The number of guanidine groups is 1. The van der Waals surface area contributed by atoms with E-state index in [1.165, 1.54) is 26.7 Å². The van der Waals surface area contributed by atoms with Gasteiger partial charge in [0, 0.05) is 31.4 Å². The number of aryl methyl sites for hydroxylation is 3. The number of aromatic nitrogens is 1. The second kappa shape index (κ2) is 8.67. The average Bonchev–Trinajstić information content (AvgIpc) is 2.92. The topological polar surface area (TPSA) is 49.3 Å². The smallest absolute Gasteiger partial charge is 0.191 e. The molecule has 0 spiro atoms. The summed E-state index contributed by atoms with van der Waals surface area (Å²) in [4.78, 5) is 10.3. The molecule has 2 rings (SSSR count). The molecule has 1 heterocycles. The van der Waals surface area contributed by atoms with Crippen LogP contribution in [0.1, 0.15) is 33.6 Å². The third-order valence-corrected chi connectivity index (χ3v) is 4.91. The molecule has 0 bridgehead atoms. The molecular weight excluding hydrogens is 304 g/mol. The molecule has 124 valence electrons. The SMILES string of the molecule is CCc1nc(CCNC(=NC)NCc2ccccc2C)sc1C. The Balaban J connectivity index is 1.80. The molecule has 1 aromatic heterocycles. The van der Waals surface area contributed by atoms with E-state index < -0.39 is 0 Å². The zero-order chi connectivity index (χ0) is 16.7. The highest BCUT2D eigenvalue weighted by Gasteiger charge is 2.06. The molecule has 23 heavy (non-hydrogen) atoms. The fourth-order valence-corrected chi connectivity index (χ4v) is 3.44. The Morgan fingerprint density at radius 1 is 1.22 bits per heavy atom. The summed E-state index contributed by atoms with van der Waals surface area (Å²) in [6.07, 6.45) is 1.94. The Hall–Kier alpha value is -1.88. The summed E-state index contributed by atoms with van der Waals surface area (Å²) in [5.74, 6) is 0.831. The number of aliphatic imine (C=N–C) groups is 1. The van der Waals surface area contributed by atoms with Crippen LogP contribution >= 0.6 is 11.3 Å². The maximum absolute atomic E-state index is 4.67. The van der Waals surface area contributed by atoms with E-state index in [2.05, 4.69) is 65.6 Å². The van der Waals surface area contributed by atoms with Gasteiger partial charge in [-0.2, -0.15) is 0 Å². The van der Waals surface area contributed by atoms with E-state index in [1.54, 1.807) is 18.4 Å². The summed E-state index contributed by atoms with van der Waals surface area (Å²) in [6.45, 7) is 8.05. The monoisotopic (exact) mass is 330 g/mol. The fraction of sp³-hybridized carbons (Fsp3) is 0.444. The van der Waals surface area contributed by atoms with Gasteiger partial charge in [0.2, 0.25) is 0 Å². The van der Waals surface area contributed by atoms with Crippen molar-refractivity contribution in [3.63, 3.8) is 0 Å². The predicted octanol–water partition coefficient (Wildman–Crippen LogP) is 3.23. The Bertz CT molecular complexity index is 661. The van der Waals surface area contributed by atoms with Crippen molar-refractivity contribution in [2.75, 3.05) is 13.6 Å². The summed E-state index contributed by atoms with van der Waals surface area (Å²) in [6, 6.07) is 8.40. The van der Waals surface area contributed by atoms with Gasteiger partial charge in [-0.3, -0.25) is 4.99 Å². The van der Waals surface area contributed by atoms with E-state index in [-0.39, 0.29) is 0 Å². The van der Waals surface area contributed by atoms with Crippen molar-refractivity contribution in [1.82, 2.24) is 15.6 Å². The van der Waals surface area contributed by atoms with Gasteiger partial charge in [0.15, 0.2) is 5.96 Å². The number of thiazole rings is 1. The molecule has 0 aliphatic carbocycles. The van der Waals surface area contributed by atoms with Gasteiger partial charge in [-0.15, -0.1) is 11.3 Å². The Morgan fingerprint density at radius 3 is 2.65 bits per heavy atom. The first-order valence-electron chi connectivity index (χ1n) is 8.08. The highest BCUT2D eigenvalue weighted by atomic mass is 32.1. The summed E-state index contributed by atoms with van der Waals surface area (Å²) in [7, 11) is 1.80. The van der Waals surface area contributed by atoms with Crippen molar-refractivity contribution in [3.05, 3.63) is 51.0 Å². The van der Waals surface area contributed by atoms with E-state index >= 15 is 0 Å². The molecule has 0 amide bonds. The van der Waals surface area contributed by atoms with Crippen LogP contribution < -0.4 is 10.6 Å². The molecule has 4 nitrogen and oxygen atoms in total. The van der Waals surface area contributed by atoms with Crippen LogP contribution in [-0.4, -0.2) is 24.5 Å². The van der Waals surface area contributed by atoms with Crippen molar-refractivity contribution in [3.8, 4) is 0 Å². The molecule has 1 aromatic carbocycles. The minimum atomic E-state index is 0.780. The van der Waals surface area contributed by atoms with Crippen molar-refractivity contribution in [2.45, 2.75) is 40.2 Å². The van der Waals surface area contributed by atoms with E-state index in [4.69, 9.17) is 0 Å². The molecule has 0 saturated carbocycles. The van der Waals surface area contributed by atoms with Gasteiger partial charge >= 0.3 is 0 Å². The molecule has 0 radical (unpaired) electrons. The fourth-order valence-electron chi connectivity index (χ4n) is 2.42. The van der Waals surface area contributed by atoms with Gasteiger partial charge in [-0.05, 0) is 31.4 Å². The van der Waals surface area contributed by atoms with Crippen molar-refractivity contribution < 1.29 is 0 Å². The first kappa shape index (κ1) is 17.5. The number of benzene rings is 1. The van der Waals surface area contributed by atoms with Gasteiger partial charge < -0.3 is 10.6 Å². The lowest BCUT2D eigenvalue weighted by atomic mass is 10.1. The van der Waals surface area contributed by atoms with Gasteiger partial charge in [0.1, 0.15) is 0 Å². The van der Waals surface area contributed by atoms with Crippen LogP contribution in [0.2, 0.25) is 0 Å². The molecule has 0 saturated heterocycles. The first-order valence-corrected chi connectivity index (χ1v) is 8.90. The molecule has 5 heteroatoms. The van der Waals surface area contributed by atoms with Crippen LogP contribution in [0.3, 0.4) is 0 Å². The summed E-state index contributed by atoms with van der Waals surface area (Å²) in [5, 5.41) is 7.92. The minimum Gasteiger partial charge on any atom is -0.356 e. The van der Waals surface area contributed by atoms with E-state index in [9.17, 15) is 0 Å². The second-order valence-electron chi connectivity index (χ2n) is 5.49. The van der Waals surface area contributed by atoms with Crippen LogP contribution in [0.5, 0.6) is 0 Å². The third kappa shape index (κ3) is 5.06. The van der Waals surface area contributed by atoms with Crippen molar-refractivity contribution in [1.29, 1.82) is 0 Å². The van der Waals surface area contributed by atoms with Crippen molar-refractivity contribution in [2.24, 2.45) is 4.99 Å². The normalized spacial score (nSPS) is 11.6. The lowest BCUT2D eigenvalue weighted by Gasteiger charge is -2.12. The van der Waals surface area contributed by atoms with Crippen LogP contribution in [0, 0.1) is 13.8 Å². The molecule has 0 aliphatic heterocycles. The maximum atomic E-state index is 4.67. The third-order valence-electron chi connectivity index (χ3n) is 3.83. The van der Waals surface area contributed by atoms with Gasteiger partial charge in [-0.25, -0.2) is 4.98 Å². The highest BCUT2D eigenvalue weighted by Crippen LogP contribution is 2.17. The standard InChI is InChI=1S/C18H26N4S/c1-5-16-14(3)23-17(22-16)10-11-20-18(19-4)21-12-15-9-7-6-8-13(15)2/h6-9H,5,10-12H2,1-4H3,(H2,19,20,21). The molecular formula is C18H26N4S. The summed E-state index contributed by atoms with van der Waals surface area (Å²) < 4.78 is 0. The quantitative estimate of drug-likeness (QED) is 0.631. The number of hydrogen-bond donors (Lipinski definition) is 2. The maximum Gasteiger partial charge on any atom is 0.191 e. The summed E-state index contributed by atoms with van der Waals surface area (Å²) in [5.41, 5.74) is 3.81. The number of nitrogens with zero attached hydrogens (tertiary/aromatic N) is 2. The molecule has 0 aliphatic rings. The second-order valence-corrected chi connectivity index (χ2v) is 6.78. The van der Waals surface area contributed by atoms with Crippen LogP contribution in [0.25, 0.3) is 0 Å². The number of nitrogens with one attached hydrogen (secondary N) is 2. The summed E-state index contributed by atoms with van der Waals surface area (Å²) >= 11 is 1.80. The number of rotatable bonds is 6.